The molecule has 0 atom stereocenters. The number of allylic oxidation sites excluding steroid dienone is 5. The molecular formula is C19H14N4O2. The molecule has 2 aliphatic rings. The average Bonchev–Trinajstić information content (AvgIpc) is 2.95. The van der Waals surface area contributed by atoms with Crippen molar-refractivity contribution < 1.29 is 9.59 Å². The molecule has 0 radical (unpaired) electrons. The van der Waals surface area contributed by atoms with Crippen molar-refractivity contribution in [1.82, 2.24) is 19.9 Å². The second kappa shape index (κ2) is 5.54. The highest BCUT2D eigenvalue weighted by atomic mass is 16.2. The van der Waals surface area contributed by atoms with E-state index in [9.17, 15) is 9.59 Å². The van der Waals surface area contributed by atoms with Gasteiger partial charge < -0.3 is 0 Å². The number of nitrogens with zero attached hydrogens (tertiary/aromatic N) is 4. The molecule has 1 aliphatic carbocycles. The van der Waals surface area contributed by atoms with Crippen LogP contribution < -0.4 is 0 Å². The van der Waals surface area contributed by atoms with Gasteiger partial charge in [0.05, 0.1) is 22.5 Å². The van der Waals surface area contributed by atoms with E-state index in [1.165, 1.54) is 7.05 Å². The van der Waals surface area contributed by atoms with E-state index in [-0.39, 0.29) is 11.8 Å². The summed E-state index contributed by atoms with van der Waals surface area (Å²) in [6.07, 6.45) is 9.35. The summed E-state index contributed by atoms with van der Waals surface area (Å²) in [6.45, 7) is 1.91. The molecule has 2 heterocycles. The van der Waals surface area contributed by atoms with Gasteiger partial charge in [-0.15, -0.1) is 10.8 Å². The summed E-state index contributed by atoms with van der Waals surface area (Å²) in [7, 11) is 1.48. The largest absolute Gasteiger partial charge is 0.277 e. The minimum absolute atomic E-state index is 0.278. The highest BCUT2D eigenvalue weighted by Crippen LogP contribution is 2.29. The van der Waals surface area contributed by atoms with E-state index >= 15 is 0 Å². The standard InChI is InChI=1S/C19H14N4O2/c1-12-17(20-21-23(12)14-7-5-3-4-6-8-14)13-9-10-15-16(11-13)19(25)22(2)18(15)24/h3-5,7-11H,1-2H3. The predicted molar refractivity (Wildman–Crippen MR) is 92.7 cm³/mol. The zero-order valence-corrected chi connectivity index (χ0v) is 13.7. The van der Waals surface area contributed by atoms with Crippen LogP contribution in [0.15, 0.2) is 54.3 Å². The molecule has 2 aromatic rings. The SMILES string of the molecule is Cc1c(-c2ccc3c(c2)C(=O)N(C)C3=O)nnn1C1=CC=CC=C=C1. The monoisotopic (exact) mass is 330 g/mol. The van der Waals surface area contributed by atoms with Crippen LogP contribution >= 0.6 is 0 Å². The third kappa shape index (κ3) is 2.28. The maximum atomic E-state index is 12.2. The topological polar surface area (TPSA) is 68.1 Å². The number of fused-ring (bicyclic) bond motifs is 1. The lowest BCUT2D eigenvalue weighted by atomic mass is 10.0. The zero-order valence-electron chi connectivity index (χ0n) is 13.7. The molecule has 0 spiro atoms. The van der Waals surface area contributed by atoms with Crippen LogP contribution in [0.5, 0.6) is 0 Å². The highest BCUT2D eigenvalue weighted by Gasteiger charge is 2.33. The van der Waals surface area contributed by atoms with Crippen molar-refractivity contribution in [1.29, 1.82) is 0 Å². The first kappa shape index (κ1) is 15.1. The van der Waals surface area contributed by atoms with Gasteiger partial charge in [-0.05, 0) is 31.2 Å². The number of rotatable bonds is 2. The molecule has 25 heavy (non-hydrogen) atoms. The highest BCUT2D eigenvalue weighted by molar-refractivity contribution is 6.21. The van der Waals surface area contributed by atoms with Crippen molar-refractivity contribution in [2.24, 2.45) is 0 Å². The molecule has 0 bridgehead atoms. The van der Waals surface area contributed by atoms with E-state index in [0.717, 1.165) is 21.9 Å². The van der Waals surface area contributed by atoms with Crippen LogP contribution in [0.2, 0.25) is 0 Å². The first-order valence-electron chi connectivity index (χ1n) is 7.77. The van der Waals surface area contributed by atoms with Crippen molar-refractivity contribution in [3.63, 3.8) is 0 Å². The van der Waals surface area contributed by atoms with Gasteiger partial charge in [0.25, 0.3) is 11.8 Å². The third-order valence-corrected chi connectivity index (χ3v) is 4.30. The van der Waals surface area contributed by atoms with Crippen LogP contribution in [0.3, 0.4) is 0 Å². The fourth-order valence-corrected chi connectivity index (χ4v) is 2.93. The second-order valence-electron chi connectivity index (χ2n) is 5.82. The van der Waals surface area contributed by atoms with Crippen molar-refractivity contribution >= 4 is 17.5 Å². The Morgan fingerprint density at radius 3 is 2.72 bits per heavy atom. The van der Waals surface area contributed by atoms with Crippen molar-refractivity contribution in [2.45, 2.75) is 6.92 Å². The Bertz CT molecular complexity index is 1050. The summed E-state index contributed by atoms with van der Waals surface area (Å²) in [5.74, 6) is -0.573. The van der Waals surface area contributed by atoms with Gasteiger partial charge in [0.15, 0.2) is 0 Å². The molecule has 0 fully saturated rings. The van der Waals surface area contributed by atoms with Gasteiger partial charge in [0.2, 0.25) is 0 Å². The molecule has 6 nitrogen and oxygen atoms in total. The Balaban J connectivity index is 1.79. The van der Waals surface area contributed by atoms with Gasteiger partial charge in [-0.3, -0.25) is 14.5 Å². The molecule has 1 aromatic heterocycles. The van der Waals surface area contributed by atoms with E-state index in [1.54, 1.807) is 22.9 Å². The van der Waals surface area contributed by atoms with Crippen molar-refractivity contribution in [3.8, 4) is 11.3 Å². The lowest BCUT2D eigenvalue weighted by molar-refractivity contribution is 0.0693. The molecule has 4 rings (SSSR count). The van der Waals surface area contributed by atoms with Crippen LogP contribution in [-0.4, -0.2) is 38.8 Å². The summed E-state index contributed by atoms with van der Waals surface area (Å²) in [5.41, 5.74) is 6.97. The number of carbonyl (C=O) groups is 2. The first-order valence-corrected chi connectivity index (χ1v) is 7.77. The summed E-state index contributed by atoms with van der Waals surface area (Å²) >= 11 is 0. The van der Waals surface area contributed by atoms with Crippen LogP contribution in [-0.2, 0) is 0 Å². The first-order chi connectivity index (χ1) is 12.1. The van der Waals surface area contributed by atoms with Gasteiger partial charge in [-0.1, -0.05) is 23.4 Å². The molecule has 0 saturated heterocycles. The van der Waals surface area contributed by atoms with Crippen LogP contribution in [0.4, 0.5) is 0 Å². The van der Waals surface area contributed by atoms with E-state index in [4.69, 9.17) is 0 Å². The minimum atomic E-state index is -0.295. The Hall–Kier alpha value is -3.50. The predicted octanol–water partition coefficient (Wildman–Crippen LogP) is 2.60. The zero-order chi connectivity index (χ0) is 17.6. The summed E-state index contributed by atoms with van der Waals surface area (Å²) < 4.78 is 1.72. The Labute approximate surface area is 144 Å². The van der Waals surface area contributed by atoms with Crippen molar-refractivity contribution in [3.05, 3.63) is 71.1 Å². The summed E-state index contributed by atoms with van der Waals surface area (Å²) in [6, 6.07) is 5.17. The van der Waals surface area contributed by atoms with Crippen LogP contribution in [0.1, 0.15) is 26.4 Å². The minimum Gasteiger partial charge on any atom is -0.277 e. The van der Waals surface area contributed by atoms with Gasteiger partial charge in [-0.2, -0.15) is 0 Å². The number of amides is 2. The maximum absolute atomic E-state index is 12.2. The van der Waals surface area contributed by atoms with Gasteiger partial charge in [-0.25, -0.2) is 4.68 Å². The average molecular weight is 330 g/mol. The fraction of sp³-hybridized carbons (Fsp3) is 0.105. The summed E-state index contributed by atoms with van der Waals surface area (Å²) in [5, 5.41) is 8.48. The second-order valence-corrected chi connectivity index (χ2v) is 5.82. The normalized spacial score (nSPS) is 15.6. The van der Waals surface area contributed by atoms with Gasteiger partial charge >= 0.3 is 0 Å². The van der Waals surface area contributed by atoms with Crippen molar-refractivity contribution in [2.75, 3.05) is 7.05 Å². The molecule has 0 N–H and O–H groups in total. The molecule has 6 heteroatoms. The molecule has 0 unspecified atom stereocenters. The maximum Gasteiger partial charge on any atom is 0.261 e. The number of carbonyl (C=O) groups excluding carboxylic acids is 2. The van der Waals surface area contributed by atoms with Gasteiger partial charge in [0, 0.05) is 18.7 Å². The smallest absolute Gasteiger partial charge is 0.261 e. The van der Waals surface area contributed by atoms with E-state index < -0.39 is 0 Å². The van der Waals surface area contributed by atoms with Gasteiger partial charge in [0.1, 0.15) is 5.69 Å². The lowest BCUT2D eigenvalue weighted by Gasteiger charge is -2.04. The van der Waals surface area contributed by atoms with E-state index in [2.05, 4.69) is 16.0 Å². The number of hydrogen-bond acceptors (Lipinski definition) is 4. The number of aromatic nitrogens is 3. The quantitative estimate of drug-likeness (QED) is 0.627. The number of benzene rings is 1. The summed E-state index contributed by atoms with van der Waals surface area (Å²) in [4.78, 5) is 25.3. The third-order valence-electron chi connectivity index (χ3n) is 4.30. The molecular weight excluding hydrogens is 316 g/mol. The molecule has 122 valence electrons. The van der Waals surface area contributed by atoms with Crippen LogP contribution in [0, 0.1) is 6.92 Å². The lowest BCUT2D eigenvalue weighted by Crippen LogP contribution is -2.24. The molecule has 1 aliphatic heterocycles. The molecule has 1 aromatic carbocycles. The van der Waals surface area contributed by atoms with E-state index in [1.807, 2.05) is 37.3 Å². The Morgan fingerprint density at radius 2 is 1.88 bits per heavy atom. The number of hydrogen-bond donors (Lipinski definition) is 0. The Morgan fingerprint density at radius 1 is 1.08 bits per heavy atom. The van der Waals surface area contributed by atoms with Crippen LogP contribution in [0.25, 0.3) is 17.0 Å². The number of imide groups is 1. The fourth-order valence-electron chi connectivity index (χ4n) is 2.93. The Kier molecular flexibility index (Phi) is 3.34. The molecule has 0 saturated carbocycles. The molecule has 2 amide bonds. The van der Waals surface area contributed by atoms with E-state index in [0.29, 0.717) is 16.8 Å².